The maximum absolute atomic E-state index is 12.2. The van der Waals surface area contributed by atoms with Crippen molar-refractivity contribution in [1.82, 2.24) is 0 Å². The van der Waals surface area contributed by atoms with Crippen LogP contribution in [0.5, 0.6) is 0 Å². The van der Waals surface area contributed by atoms with Crippen LogP contribution in [0, 0.1) is 0 Å². The quantitative estimate of drug-likeness (QED) is 0.626. The van der Waals surface area contributed by atoms with Gasteiger partial charge < -0.3 is 18.3 Å². The molecule has 0 N–H and O–H groups in total. The molecule has 0 bridgehead atoms. The van der Waals surface area contributed by atoms with Gasteiger partial charge in [-0.05, 0) is 27.4 Å². The van der Waals surface area contributed by atoms with Crippen molar-refractivity contribution >= 4 is 15.4 Å². The lowest BCUT2D eigenvalue weighted by Crippen LogP contribution is -2.13. The lowest BCUT2D eigenvalue weighted by atomic mass is 10.9. The Bertz CT molecular complexity index is 233. The fourth-order valence-corrected chi connectivity index (χ4v) is 5.15. The van der Waals surface area contributed by atoms with Gasteiger partial charge in [-0.1, -0.05) is 0 Å². The normalized spacial score (nSPS) is 16.3. The van der Waals surface area contributed by atoms with Crippen molar-refractivity contribution in [2.45, 2.75) is 26.4 Å². The van der Waals surface area contributed by atoms with E-state index in [2.05, 4.69) is 0 Å². The molecule has 15 heavy (non-hydrogen) atoms. The van der Waals surface area contributed by atoms with E-state index in [9.17, 15) is 9.13 Å². The fourth-order valence-electron chi connectivity index (χ4n) is 1.12. The Hall–Kier alpha value is 0.340. The molecular formula is C8H20O5P2. The molecule has 0 aliphatic heterocycles. The molecule has 0 radical (unpaired) electrons. The molecule has 0 aliphatic carbocycles. The van der Waals surface area contributed by atoms with Gasteiger partial charge >= 0.3 is 7.60 Å². The smallest absolute Gasteiger partial charge is 0.359 e. The Kier molecular flexibility index (Phi) is 7.76. The van der Waals surface area contributed by atoms with Crippen molar-refractivity contribution < 1.29 is 22.9 Å². The van der Waals surface area contributed by atoms with Crippen LogP contribution in [0.1, 0.15) is 20.8 Å². The topological polar surface area (TPSA) is 61.8 Å². The van der Waals surface area contributed by atoms with Crippen molar-refractivity contribution in [3.63, 3.8) is 0 Å². The highest BCUT2D eigenvalue weighted by Gasteiger charge is 2.38. The van der Waals surface area contributed by atoms with E-state index in [0.717, 1.165) is 0 Å². The largest absolute Gasteiger partial charge is 0.366 e. The lowest BCUT2D eigenvalue weighted by Gasteiger charge is -2.24. The molecule has 0 aromatic carbocycles. The van der Waals surface area contributed by atoms with Gasteiger partial charge in [0, 0.05) is 6.61 Å². The molecule has 5 nitrogen and oxygen atoms in total. The summed E-state index contributed by atoms with van der Waals surface area (Å²) in [6.07, 6.45) is 0. The summed E-state index contributed by atoms with van der Waals surface area (Å²) < 4.78 is 39.0. The Labute approximate surface area is 91.8 Å². The summed E-state index contributed by atoms with van der Waals surface area (Å²) in [5.74, 6) is 0. The fraction of sp³-hybridized carbons (Fsp3) is 1.00. The molecule has 0 amide bonds. The monoisotopic (exact) mass is 258 g/mol. The van der Waals surface area contributed by atoms with E-state index in [4.69, 9.17) is 13.8 Å². The molecule has 2 unspecified atom stereocenters. The molecule has 0 aromatic rings. The molecule has 2 atom stereocenters. The molecule has 0 aromatic heterocycles. The highest BCUT2D eigenvalue weighted by Crippen LogP contribution is 2.60. The summed E-state index contributed by atoms with van der Waals surface area (Å²) in [6, 6.07) is 0. The standard InChI is InChI=1S/C8H20O5P2/c1-5-11-8(14(4)9)15(10,12-6-2)13-7-3/h8,14H,5-7H2,1-4H3. The second-order valence-electron chi connectivity index (χ2n) is 2.79. The predicted molar refractivity (Wildman–Crippen MR) is 61.2 cm³/mol. The molecule has 0 aliphatic rings. The van der Waals surface area contributed by atoms with Crippen molar-refractivity contribution in [3.05, 3.63) is 0 Å². The third kappa shape index (κ3) is 4.80. The van der Waals surface area contributed by atoms with Gasteiger partial charge in [-0.3, -0.25) is 4.57 Å². The van der Waals surface area contributed by atoms with Crippen molar-refractivity contribution in [1.29, 1.82) is 0 Å². The Morgan fingerprint density at radius 3 is 1.87 bits per heavy atom. The minimum Gasteiger partial charge on any atom is -0.359 e. The number of ether oxygens (including phenoxy) is 1. The highest BCUT2D eigenvalue weighted by molar-refractivity contribution is 7.68. The SMILES string of the molecule is CCOC([PH](C)=O)P(=O)(OCC)OCC. The van der Waals surface area contributed by atoms with Crippen molar-refractivity contribution in [2.75, 3.05) is 26.5 Å². The average molecular weight is 258 g/mol. The van der Waals surface area contributed by atoms with Gasteiger partial charge in [-0.25, -0.2) is 0 Å². The predicted octanol–water partition coefficient (Wildman–Crippen LogP) is 2.76. The van der Waals surface area contributed by atoms with Crippen LogP contribution in [-0.2, 0) is 22.9 Å². The first kappa shape index (κ1) is 15.3. The minimum absolute atomic E-state index is 0.246. The summed E-state index contributed by atoms with van der Waals surface area (Å²) in [4.78, 5) is 0. The van der Waals surface area contributed by atoms with Crippen LogP contribution in [0.15, 0.2) is 0 Å². The summed E-state index contributed by atoms with van der Waals surface area (Å²) in [5, 5.41) is 0. The van der Waals surface area contributed by atoms with Gasteiger partial charge in [-0.15, -0.1) is 0 Å². The molecule has 0 saturated carbocycles. The molecule has 0 heterocycles. The summed E-state index contributed by atoms with van der Waals surface area (Å²) in [7, 11) is -5.51. The molecule has 0 spiro atoms. The van der Waals surface area contributed by atoms with Gasteiger partial charge in [0.25, 0.3) is 0 Å². The van der Waals surface area contributed by atoms with Crippen LogP contribution in [0.25, 0.3) is 0 Å². The molecule has 7 heteroatoms. The number of hydrogen-bond donors (Lipinski definition) is 0. The van der Waals surface area contributed by atoms with E-state index in [1.807, 2.05) is 0 Å². The molecule has 0 saturated heterocycles. The first-order chi connectivity index (χ1) is 7.01. The summed E-state index contributed by atoms with van der Waals surface area (Å²) in [6.45, 7) is 7.49. The summed E-state index contributed by atoms with van der Waals surface area (Å²) >= 11 is 0. The van der Waals surface area contributed by atoms with E-state index in [1.54, 1.807) is 20.8 Å². The second-order valence-corrected chi connectivity index (χ2v) is 7.09. The lowest BCUT2D eigenvalue weighted by molar-refractivity contribution is 0.119. The Morgan fingerprint density at radius 2 is 1.60 bits per heavy atom. The average Bonchev–Trinajstić information content (AvgIpc) is 2.14. The maximum Gasteiger partial charge on any atom is 0.366 e. The highest BCUT2D eigenvalue weighted by atomic mass is 31.2. The molecule has 0 fully saturated rings. The van der Waals surface area contributed by atoms with E-state index in [1.165, 1.54) is 6.66 Å². The van der Waals surface area contributed by atoms with Crippen LogP contribution in [0.3, 0.4) is 0 Å². The van der Waals surface area contributed by atoms with E-state index in [-0.39, 0.29) is 13.2 Å². The molecular weight excluding hydrogens is 238 g/mol. The van der Waals surface area contributed by atoms with Gasteiger partial charge in [-0.2, -0.15) is 0 Å². The van der Waals surface area contributed by atoms with Crippen LogP contribution in [0.4, 0.5) is 0 Å². The third-order valence-corrected chi connectivity index (χ3v) is 6.44. The zero-order valence-corrected chi connectivity index (χ0v) is 11.6. The molecule has 92 valence electrons. The van der Waals surface area contributed by atoms with Crippen molar-refractivity contribution in [2.24, 2.45) is 0 Å². The van der Waals surface area contributed by atoms with Gasteiger partial charge in [0.2, 0.25) is 5.59 Å². The van der Waals surface area contributed by atoms with Crippen LogP contribution in [-0.4, -0.2) is 32.1 Å². The van der Waals surface area contributed by atoms with Crippen molar-refractivity contribution in [3.8, 4) is 0 Å². The third-order valence-electron chi connectivity index (χ3n) is 1.58. The van der Waals surface area contributed by atoms with Gasteiger partial charge in [0.15, 0.2) is 0 Å². The Balaban J connectivity index is 4.81. The van der Waals surface area contributed by atoms with E-state index >= 15 is 0 Å². The summed E-state index contributed by atoms with van der Waals surface area (Å²) in [5.41, 5.74) is -0.924. The first-order valence-electron chi connectivity index (χ1n) is 5.02. The van der Waals surface area contributed by atoms with Crippen LogP contribution < -0.4 is 0 Å². The zero-order chi connectivity index (χ0) is 11.9. The van der Waals surface area contributed by atoms with Crippen LogP contribution in [0.2, 0.25) is 0 Å². The zero-order valence-electron chi connectivity index (χ0n) is 9.69. The van der Waals surface area contributed by atoms with E-state index in [0.29, 0.717) is 6.61 Å². The maximum atomic E-state index is 12.2. The van der Waals surface area contributed by atoms with E-state index < -0.39 is 21.0 Å². The van der Waals surface area contributed by atoms with Crippen LogP contribution >= 0.6 is 15.4 Å². The molecule has 0 rings (SSSR count). The number of hydrogen-bond acceptors (Lipinski definition) is 5. The first-order valence-corrected chi connectivity index (χ1v) is 8.62. The minimum atomic E-state index is -3.39. The number of rotatable bonds is 8. The second kappa shape index (κ2) is 7.59. The van der Waals surface area contributed by atoms with Gasteiger partial charge in [0.05, 0.1) is 13.2 Å². The Morgan fingerprint density at radius 1 is 1.13 bits per heavy atom. The van der Waals surface area contributed by atoms with Gasteiger partial charge in [0.1, 0.15) is 7.80 Å².